The van der Waals surface area contributed by atoms with Crippen LogP contribution < -0.4 is 0 Å². The number of aliphatic carboxylic acids is 1. The molecule has 1 N–H and O–H groups in total. The lowest BCUT2D eigenvalue weighted by atomic mass is 10.1. The monoisotopic (exact) mass is 271 g/mol. The van der Waals surface area contributed by atoms with Crippen LogP contribution in [0.4, 0.5) is 4.39 Å². The first-order valence-electron chi connectivity index (χ1n) is 5.87. The molecule has 0 aromatic heterocycles. The number of nitrogens with zero attached hydrogens (tertiary/aromatic N) is 1. The van der Waals surface area contributed by atoms with E-state index in [1.54, 1.807) is 13.0 Å². The molecule has 5 heteroatoms. The highest BCUT2D eigenvalue weighted by atomic mass is 35.5. The maximum Gasteiger partial charge on any atom is 0.307 e. The van der Waals surface area contributed by atoms with Crippen molar-refractivity contribution in [2.24, 2.45) is 5.92 Å². The van der Waals surface area contributed by atoms with Gasteiger partial charge in [-0.25, -0.2) is 4.39 Å². The second-order valence-corrected chi connectivity index (χ2v) is 5.16. The predicted octanol–water partition coefficient (Wildman–Crippen LogP) is 2.69. The largest absolute Gasteiger partial charge is 0.481 e. The van der Waals surface area contributed by atoms with Gasteiger partial charge in [0.25, 0.3) is 0 Å². The van der Waals surface area contributed by atoms with E-state index >= 15 is 0 Å². The number of rotatable bonds is 3. The molecule has 0 bridgehead atoms. The molecule has 1 aliphatic heterocycles. The quantitative estimate of drug-likeness (QED) is 0.919. The van der Waals surface area contributed by atoms with E-state index < -0.39 is 5.97 Å². The summed E-state index contributed by atoms with van der Waals surface area (Å²) in [6.45, 7) is 3.38. The summed E-state index contributed by atoms with van der Waals surface area (Å²) < 4.78 is 13.5. The third kappa shape index (κ3) is 2.82. The highest BCUT2D eigenvalue weighted by Crippen LogP contribution is 2.25. The number of likely N-dealkylation sites (tertiary alicyclic amines) is 1. The number of halogens is 2. The van der Waals surface area contributed by atoms with E-state index in [0.717, 1.165) is 0 Å². The predicted molar refractivity (Wildman–Crippen MR) is 67.2 cm³/mol. The number of hydrogen-bond donors (Lipinski definition) is 1. The van der Waals surface area contributed by atoms with E-state index in [9.17, 15) is 9.18 Å². The first kappa shape index (κ1) is 13.3. The van der Waals surface area contributed by atoms with Crippen molar-refractivity contribution in [1.82, 2.24) is 4.90 Å². The molecule has 1 fully saturated rings. The van der Waals surface area contributed by atoms with Gasteiger partial charge in [0.05, 0.1) is 5.92 Å². The van der Waals surface area contributed by atoms with Crippen LogP contribution in [0, 0.1) is 18.7 Å². The molecule has 1 heterocycles. The van der Waals surface area contributed by atoms with Crippen molar-refractivity contribution in [2.45, 2.75) is 19.9 Å². The molecule has 0 aliphatic carbocycles. The van der Waals surface area contributed by atoms with Gasteiger partial charge in [0.1, 0.15) is 5.82 Å². The minimum absolute atomic E-state index is 0.275. The third-order valence-electron chi connectivity index (χ3n) is 3.34. The number of hydrogen-bond acceptors (Lipinski definition) is 2. The van der Waals surface area contributed by atoms with E-state index in [4.69, 9.17) is 16.7 Å². The third-order valence-corrected chi connectivity index (χ3v) is 3.70. The molecule has 0 spiro atoms. The van der Waals surface area contributed by atoms with E-state index in [0.29, 0.717) is 42.2 Å². The van der Waals surface area contributed by atoms with E-state index in [1.165, 1.54) is 6.07 Å². The van der Waals surface area contributed by atoms with Gasteiger partial charge >= 0.3 is 5.97 Å². The highest BCUT2D eigenvalue weighted by Gasteiger charge is 2.28. The zero-order chi connectivity index (χ0) is 13.3. The molecule has 1 saturated heterocycles. The fraction of sp³-hybridized carbons (Fsp3) is 0.462. The fourth-order valence-corrected chi connectivity index (χ4v) is 2.51. The summed E-state index contributed by atoms with van der Waals surface area (Å²) in [5.41, 5.74) is 1.24. The average Bonchev–Trinajstić information content (AvgIpc) is 2.74. The zero-order valence-corrected chi connectivity index (χ0v) is 10.9. The summed E-state index contributed by atoms with van der Waals surface area (Å²) >= 11 is 6.07. The van der Waals surface area contributed by atoms with Gasteiger partial charge in [-0.05, 0) is 43.1 Å². The normalized spacial score (nSPS) is 20.3. The average molecular weight is 272 g/mol. The molecule has 1 atom stereocenters. The Hall–Kier alpha value is -1.13. The summed E-state index contributed by atoms with van der Waals surface area (Å²) in [5.74, 6) is -1.36. The molecule has 1 aromatic carbocycles. The van der Waals surface area contributed by atoms with Gasteiger partial charge in [0.15, 0.2) is 0 Å². The van der Waals surface area contributed by atoms with Crippen LogP contribution in [0.5, 0.6) is 0 Å². The fourth-order valence-electron chi connectivity index (χ4n) is 2.23. The molecule has 0 radical (unpaired) electrons. The second kappa shape index (κ2) is 5.24. The topological polar surface area (TPSA) is 40.5 Å². The van der Waals surface area contributed by atoms with Crippen LogP contribution in [0.25, 0.3) is 0 Å². The molecule has 0 saturated carbocycles. The van der Waals surface area contributed by atoms with Crippen molar-refractivity contribution in [2.75, 3.05) is 13.1 Å². The lowest BCUT2D eigenvalue weighted by Crippen LogP contribution is -2.23. The molecule has 1 aromatic rings. The highest BCUT2D eigenvalue weighted by molar-refractivity contribution is 6.31. The number of carbonyl (C=O) groups is 1. The van der Waals surface area contributed by atoms with Crippen molar-refractivity contribution in [3.05, 3.63) is 34.1 Å². The molecule has 1 aliphatic rings. The number of benzene rings is 1. The summed E-state index contributed by atoms with van der Waals surface area (Å²) in [4.78, 5) is 12.8. The van der Waals surface area contributed by atoms with Crippen molar-refractivity contribution >= 4 is 17.6 Å². The van der Waals surface area contributed by atoms with Gasteiger partial charge in [-0.15, -0.1) is 0 Å². The first-order chi connectivity index (χ1) is 8.47. The van der Waals surface area contributed by atoms with Crippen LogP contribution in [0.2, 0.25) is 5.02 Å². The Balaban J connectivity index is 2.07. The van der Waals surface area contributed by atoms with Crippen LogP contribution in [0.15, 0.2) is 12.1 Å². The lowest BCUT2D eigenvalue weighted by Gasteiger charge is -2.16. The SMILES string of the molecule is Cc1cc(Cl)c(CN2CCC(C(=O)O)C2)cc1F. The van der Waals surface area contributed by atoms with Crippen LogP contribution in [-0.4, -0.2) is 29.1 Å². The second-order valence-electron chi connectivity index (χ2n) is 4.75. The number of carboxylic acids is 1. The van der Waals surface area contributed by atoms with Gasteiger partial charge in [0.2, 0.25) is 0 Å². The molecular formula is C13H15ClFNO2. The van der Waals surface area contributed by atoms with Gasteiger partial charge in [0, 0.05) is 18.1 Å². The van der Waals surface area contributed by atoms with Gasteiger partial charge in [-0.1, -0.05) is 11.6 Å². The summed E-state index contributed by atoms with van der Waals surface area (Å²) in [5, 5.41) is 9.45. The van der Waals surface area contributed by atoms with Crippen molar-refractivity contribution < 1.29 is 14.3 Å². The molecule has 3 nitrogen and oxygen atoms in total. The number of aryl methyl sites for hydroxylation is 1. The van der Waals surface area contributed by atoms with Gasteiger partial charge in [-0.3, -0.25) is 9.69 Å². The summed E-state index contributed by atoms with van der Waals surface area (Å²) in [6.07, 6.45) is 0.640. The van der Waals surface area contributed by atoms with E-state index in [-0.39, 0.29) is 11.7 Å². The Kier molecular flexibility index (Phi) is 3.88. The number of carboxylic acid groups (broad SMARTS) is 1. The van der Waals surface area contributed by atoms with Gasteiger partial charge in [-0.2, -0.15) is 0 Å². The molecule has 0 amide bonds. The van der Waals surface area contributed by atoms with E-state index in [2.05, 4.69) is 0 Å². The summed E-state index contributed by atoms with van der Waals surface area (Å²) in [7, 11) is 0. The van der Waals surface area contributed by atoms with E-state index in [1.807, 2.05) is 4.90 Å². The maximum atomic E-state index is 13.5. The molecule has 98 valence electrons. The smallest absolute Gasteiger partial charge is 0.307 e. The minimum atomic E-state index is -0.765. The van der Waals surface area contributed by atoms with Crippen LogP contribution in [0.1, 0.15) is 17.5 Å². The summed E-state index contributed by atoms with van der Waals surface area (Å²) in [6, 6.07) is 3.04. The van der Waals surface area contributed by atoms with Crippen molar-refractivity contribution in [3.8, 4) is 0 Å². The molecule has 1 unspecified atom stereocenters. The van der Waals surface area contributed by atoms with Gasteiger partial charge < -0.3 is 5.11 Å². The van der Waals surface area contributed by atoms with Crippen molar-refractivity contribution in [3.63, 3.8) is 0 Å². The lowest BCUT2D eigenvalue weighted by molar-refractivity contribution is -0.141. The van der Waals surface area contributed by atoms with Crippen molar-refractivity contribution in [1.29, 1.82) is 0 Å². The Bertz CT molecular complexity index is 478. The molecular weight excluding hydrogens is 257 g/mol. The van der Waals surface area contributed by atoms with Crippen LogP contribution in [-0.2, 0) is 11.3 Å². The Morgan fingerprint density at radius 1 is 1.61 bits per heavy atom. The maximum absolute atomic E-state index is 13.5. The minimum Gasteiger partial charge on any atom is -0.481 e. The zero-order valence-electron chi connectivity index (χ0n) is 10.1. The first-order valence-corrected chi connectivity index (χ1v) is 6.25. The molecule has 2 rings (SSSR count). The van der Waals surface area contributed by atoms with Crippen LogP contribution >= 0.6 is 11.6 Å². The molecule has 18 heavy (non-hydrogen) atoms. The van der Waals surface area contributed by atoms with Crippen LogP contribution in [0.3, 0.4) is 0 Å². The Morgan fingerprint density at radius 3 is 2.94 bits per heavy atom. The Morgan fingerprint density at radius 2 is 2.33 bits per heavy atom. The standard InChI is InChI=1S/C13H15ClFNO2/c1-8-4-11(14)10(5-12(8)15)7-16-3-2-9(6-16)13(17)18/h4-5,9H,2-3,6-7H2,1H3,(H,17,18). The Labute approximate surface area is 110 Å².